The molecule has 134 valence electrons. The van der Waals surface area contributed by atoms with Gasteiger partial charge in [0.2, 0.25) is 0 Å². The maximum Gasteiger partial charge on any atom is 0.260 e. The molecule has 0 aliphatic carbocycles. The summed E-state index contributed by atoms with van der Waals surface area (Å²) in [5, 5.41) is 10.4. The van der Waals surface area contributed by atoms with Crippen molar-refractivity contribution in [3.05, 3.63) is 65.7 Å². The molecule has 2 unspecified atom stereocenters. The second-order valence-electron chi connectivity index (χ2n) is 6.61. The lowest BCUT2D eigenvalue weighted by Crippen LogP contribution is -2.41. The molecule has 0 radical (unpaired) electrons. The Bertz CT molecular complexity index is 667. The van der Waals surface area contributed by atoms with Crippen molar-refractivity contribution in [1.82, 2.24) is 4.90 Å². The number of rotatable bonds is 7. The van der Waals surface area contributed by atoms with Gasteiger partial charge in [0, 0.05) is 7.05 Å². The Hall–Kier alpha value is -2.33. The molecule has 0 aromatic heterocycles. The number of benzene rings is 2. The minimum absolute atomic E-state index is 0.0522. The van der Waals surface area contributed by atoms with E-state index in [0.29, 0.717) is 11.7 Å². The fraction of sp³-hybridized carbons (Fsp3) is 0.381. The van der Waals surface area contributed by atoms with Crippen LogP contribution in [0.1, 0.15) is 43.9 Å². The third kappa shape index (κ3) is 5.07. The largest absolute Gasteiger partial charge is 0.484 e. The first-order valence-electron chi connectivity index (χ1n) is 8.61. The summed E-state index contributed by atoms with van der Waals surface area (Å²) in [6.45, 7) is 6.04. The highest BCUT2D eigenvalue weighted by atomic mass is 16.5. The molecule has 0 aliphatic rings. The minimum atomic E-state index is -0.736. The molecule has 2 rings (SSSR count). The Labute approximate surface area is 150 Å². The first-order valence-corrected chi connectivity index (χ1v) is 8.61. The summed E-state index contributed by atoms with van der Waals surface area (Å²) >= 11 is 0. The molecule has 2 aromatic rings. The second-order valence-corrected chi connectivity index (χ2v) is 6.61. The standard InChI is InChI=1S/C21H27NO3/c1-15(2)17-10-12-19(13-11-17)25-14-20(23)22(4)16(3)21(24)18-8-6-5-7-9-18/h5-13,15-16,21,24H,14H2,1-4H3. The van der Waals surface area contributed by atoms with Gasteiger partial charge in [-0.25, -0.2) is 0 Å². The van der Waals surface area contributed by atoms with Gasteiger partial charge in [-0.15, -0.1) is 0 Å². The van der Waals surface area contributed by atoms with Crippen molar-refractivity contribution in [2.45, 2.75) is 38.8 Å². The lowest BCUT2D eigenvalue weighted by Gasteiger charge is -2.29. The molecule has 0 aliphatic heterocycles. The van der Waals surface area contributed by atoms with Gasteiger partial charge in [0.15, 0.2) is 6.61 Å². The Kier molecular flexibility index (Phi) is 6.59. The molecular formula is C21H27NO3. The number of likely N-dealkylation sites (N-methyl/N-ethyl adjacent to an activating group) is 1. The molecule has 2 aromatic carbocycles. The topological polar surface area (TPSA) is 49.8 Å². The van der Waals surface area contributed by atoms with Crippen LogP contribution in [0.5, 0.6) is 5.75 Å². The molecule has 0 fully saturated rings. The summed E-state index contributed by atoms with van der Waals surface area (Å²) in [5.74, 6) is 0.958. The molecule has 2 atom stereocenters. The monoisotopic (exact) mass is 341 g/mol. The van der Waals surface area contributed by atoms with Crippen LogP contribution < -0.4 is 4.74 Å². The van der Waals surface area contributed by atoms with Crippen LogP contribution in [0.25, 0.3) is 0 Å². The predicted octanol–water partition coefficient (Wildman–Crippen LogP) is 3.77. The van der Waals surface area contributed by atoms with E-state index >= 15 is 0 Å². The van der Waals surface area contributed by atoms with Crippen LogP contribution in [0.3, 0.4) is 0 Å². The summed E-state index contributed by atoms with van der Waals surface area (Å²) in [5.41, 5.74) is 2.02. The maximum atomic E-state index is 12.4. The quantitative estimate of drug-likeness (QED) is 0.834. The molecule has 1 amide bonds. The lowest BCUT2D eigenvalue weighted by molar-refractivity contribution is -0.136. The Morgan fingerprint density at radius 3 is 2.16 bits per heavy atom. The van der Waals surface area contributed by atoms with Gasteiger partial charge in [-0.1, -0.05) is 56.3 Å². The minimum Gasteiger partial charge on any atom is -0.484 e. The summed E-state index contributed by atoms with van der Waals surface area (Å²) in [7, 11) is 1.68. The summed E-state index contributed by atoms with van der Waals surface area (Å²) in [4.78, 5) is 13.9. The molecule has 1 N–H and O–H groups in total. The zero-order chi connectivity index (χ0) is 18.4. The van der Waals surface area contributed by atoms with Gasteiger partial charge in [-0.2, -0.15) is 0 Å². The van der Waals surface area contributed by atoms with Gasteiger partial charge < -0.3 is 14.7 Å². The van der Waals surface area contributed by atoms with Gasteiger partial charge in [-0.05, 0) is 36.1 Å². The van der Waals surface area contributed by atoms with Crippen LogP contribution in [-0.4, -0.2) is 35.6 Å². The number of carbonyl (C=O) groups is 1. The second kappa shape index (κ2) is 8.67. The average Bonchev–Trinajstić information content (AvgIpc) is 2.65. The first-order chi connectivity index (χ1) is 11.9. The normalized spacial score (nSPS) is 13.4. The maximum absolute atomic E-state index is 12.4. The van der Waals surface area contributed by atoms with E-state index in [9.17, 15) is 9.90 Å². The number of nitrogens with zero attached hydrogens (tertiary/aromatic N) is 1. The number of hydrogen-bond acceptors (Lipinski definition) is 3. The highest BCUT2D eigenvalue weighted by Crippen LogP contribution is 2.21. The molecule has 0 saturated heterocycles. The number of aliphatic hydroxyl groups excluding tert-OH is 1. The molecule has 0 heterocycles. The molecule has 4 nitrogen and oxygen atoms in total. The van der Waals surface area contributed by atoms with Crippen LogP contribution >= 0.6 is 0 Å². The van der Waals surface area contributed by atoms with E-state index in [0.717, 1.165) is 5.56 Å². The van der Waals surface area contributed by atoms with E-state index in [-0.39, 0.29) is 18.6 Å². The van der Waals surface area contributed by atoms with Crippen LogP contribution in [0, 0.1) is 0 Å². The third-order valence-electron chi connectivity index (χ3n) is 4.51. The van der Waals surface area contributed by atoms with Crippen LogP contribution in [0.4, 0.5) is 0 Å². The van der Waals surface area contributed by atoms with E-state index in [1.54, 1.807) is 7.05 Å². The predicted molar refractivity (Wildman–Crippen MR) is 99.7 cm³/mol. The van der Waals surface area contributed by atoms with Crippen LogP contribution in [0.15, 0.2) is 54.6 Å². The van der Waals surface area contributed by atoms with Crippen molar-refractivity contribution in [3.8, 4) is 5.75 Å². The van der Waals surface area contributed by atoms with Crippen molar-refractivity contribution >= 4 is 5.91 Å². The third-order valence-corrected chi connectivity index (χ3v) is 4.51. The van der Waals surface area contributed by atoms with Gasteiger partial charge in [0.05, 0.1) is 12.1 Å². The Morgan fingerprint density at radius 2 is 1.60 bits per heavy atom. The molecule has 4 heteroatoms. The molecule has 0 bridgehead atoms. The van der Waals surface area contributed by atoms with Gasteiger partial charge in [-0.3, -0.25) is 4.79 Å². The fourth-order valence-electron chi connectivity index (χ4n) is 2.56. The Balaban J connectivity index is 1.91. The summed E-state index contributed by atoms with van der Waals surface area (Å²) in [6.07, 6.45) is -0.736. The van der Waals surface area contributed by atoms with E-state index in [1.165, 1.54) is 10.5 Å². The summed E-state index contributed by atoms with van der Waals surface area (Å²) in [6, 6.07) is 16.8. The van der Waals surface area contributed by atoms with Gasteiger partial charge >= 0.3 is 0 Å². The van der Waals surface area contributed by atoms with Crippen molar-refractivity contribution in [2.75, 3.05) is 13.7 Å². The van der Waals surface area contributed by atoms with Crippen molar-refractivity contribution < 1.29 is 14.6 Å². The molecular weight excluding hydrogens is 314 g/mol. The van der Waals surface area contributed by atoms with Crippen molar-refractivity contribution in [2.24, 2.45) is 0 Å². The average molecular weight is 341 g/mol. The SMILES string of the molecule is CC(C)c1ccc(OCC(=O)N(C)C(C)C(O)c2ccccc2)cc1. The van der Waals surface area contributed by atoms with Crippen molar-refractivity contribution in [3.63, 3.8) is 0 Å². The first kappa shape index (κ1) is 19.0. The van der Waals surface area contributed by atoms with Crippen molar-refractivity contribution in [1.29, 1.82) is 0 Å². The highest BCUT2D eigenvalue weighted by Gasteiger charge is 2.24. The van der Waals surface area contributed by atoms with E-state index in [4.69, 9.17) is 4.74 Å². The molecule has 0 spiro atoms. The zero-order valence-corrected chi connectivity index (χ0v) is 15.3. The fourth-order valence-corrected chi connectivity index (χ4v) is 2.56. The van der Waals surface area contributed by atoms with Crippen LogP contribution in [0.2, 0.25) is 0 Å². The number of carbonyl (C=O) groups excluding carboxylic acids is 1. The van der Waals surface area contributed by atoms with E-state index in [2.05, 4.69) is 13.8 Å². The van der Waals surface area contributed by atoms with Crippen LogP contribution in [-0.2, 0) is 4.79 Å². The smallest absolute Gasteiger partial charge is 0.260 e. The number of hydrogen-bond donors (Lipinski definition) is 1. The lowest BCUT2D eigenvalue weighted by atomic mass is 10.0. The molecule has 0 saturated carbocycles. The number of ether oxygens (including phenoxy) is 1. The summed E-state index contributed by atoms with van der Waals surface area (Å²) < 4.78 is 5.59. The Morgan fingerprint density at radius 1 is 1.00 bits per heavy atom. The number of amides is 1. The molecule has 25 heavy (non-hydrogen) atoms. The number of aliphatic hydroxyl groups is 1. The highest BCUT2D eigenvalue weighted by molar-refractivity contribution is 5.77. The van der Waals surface area contributed by atoms with Gasteiger partial charge in [0.25, 0.3) is 5.91 Å². The van der Waals surface area contributed by atoms with E-state index < -0.39 is 6.10 Å². The zero-order valence-electron chi connectivity index (χ0n) is 15.3. The van der Waals surface area contributed by atoms with E-state index in [1.807, 2.05) is 61.5 Å². The van der Waals surface area contributed by atoms with Gasteiger partial charge in [0.1, 0.15) is 5.75 Å².